The van der Waals surface area contributed by atoms with Crippen molar-refractivity contribution in [1.29, 1.82) is 0 Å². The lowest BCUT2D eigenvalue weighted by atomic mass is 9.80. The quantitative estimate of drug-likeness (QED) is 0.0968. The molecule has 64 heavy (non-hydrogen) atoms. The van der Waals surface area contributed by atoms with Crippen LogP contribution < -0.4 is 41.0 Å². The van der Waals surface area contributed by atoms with E-state index < -0.39 is 18.1 Å². The number of benzene rings is 2. The Morgan fingerprint density at radius 2 is 1.78 bits per heavy atom. The van der Waals surface area contributed by atoms with E-state index in [1.54, 1.807) is 52.3 Å². The summed E-state index contributed by atoms with van der Waals surface area (Å²) in [5.74, 6) is -0.00934. The van der Waals surface area contributed by atoms with E-state index in [2.05, 4.69) is 47.1 Å². The molecule has 5 aliphatic rings. The van der Waals surface area contributed by atoms with E-state index in [9.17, 15) is 24.0 Å². The van der Waals surface area contributed by atoms with E-state index in [0.717, 1.165) is 55.6 Å². The number of fused-ring (bicyclic) bond motifs is 1. The summed E-state index contributed by atoms with van der Waals surface area (Å²) in [6.07, 6.45) is 9.63. The second-order valence-corrected chi connectivity index (χ2v) is 17.7. The zero-order chi connectivity index (χ0) is 44.5. The van der Waals surface area contributed by atoms with Crippen molar-refractivity contribution in [2.75, 3.05) is 54.9 Å². The summed E-state index contributed by atoms with van der Waals surface area (Å²) in [6.45, 7) is 7.05. The number of hydrogen-bond acceptors (Lipinski definition) is 14. The molecule has 0 spiro atoms. The first-order valence-electron chi connectivity index (χ1n) is 22.5. The maximum Gasteiger partial charge on any atom is 0.334 e. The van der Waals surface area contributed by atoms with Gasteiger partial charge >= 0.3 is 5.97 Å². The molecule has 0 radical (unpaired) electrons. The molecule has 4 aromatic rings. The summed E-state index contributed by atoms with van der Waals surface area (Å²) in [7, 11) is 0. The number of aromatic nitrogens is 4. The molecule has 5 N–H and O–H groups in total. The van der Waals surface area contributed by atoms with E-state index in [4.69, 9.17) is 15.2 Å². The minimum atomic E-state index is -0.859. The highest BCUT2D eigenvalue weighted by atomic mass is 16.5. The van der Waals surface area contributed by atoms with Crippen molar-refractivity contribution in [3.63, 3.8) is 0 Å². The molecule has 2 aromatic heterocycles. The Hall–Kier alpha value is -6.40. The van der Waals surface area contributed by atoms with Gasteiger partial charge < -0.3 is 35.6 Å². The van der Waals surface area contributed by atoms with Crippen LogP contribution >= 0.6 is 0 Å². The monoisotopic (exact) mass is 873 g/mol. The summed E-state index contributed by atoms with van der Waals surface area (Å²) < 4.78 is 13.7. The predicted octanol–water partition coefficient (Wildman–Crippen LogP) is 3.09. The number of nitrogens with two attached hydrogens (primary N) is 1. The van der Waals surface area contributed by atoms with E-state index in [1.165, 1.54) is 0 Å². The summed E-state index contributed by atoms with van der Waals surface area (Å²) in [6, 6.07) is 13.5. The largest absolute Gasteiger partial charge is 0.489 e. The molecule has 0 unspecified atom stereocenters. The molecule has 3 atom stereocenters. The van der Waals surface area contributed by atoms with Gasteiger partial charge in [0.25, 0.3) is 0 Å². The van der Waals surface area contributed by atoms with Gasteiger partial charge in [0.05, 0.1) is 48.6 Å². The Bertz CT molecular complexity index is 2430. The number of piperazine rings is 1. The SMILES string of the molecule is CC(C)[C@H](NC(=O)[C@@H]1CCCN1)C(=O)Oc1ccccc1-c1cc(-n2cc(N3CCN(C4CCC(c5cccc6c5OCCN6[C@H]5CCC(=O)NC5=O)CC4)CC3=O)cn2)c(N)nn1. The van der Waals surface area contributed by atoms with Gasteiger partial charge in [0, 0.05) is 31.1 Å². The number of piperidine rings is 1. The third kappa shape index (κ3) is 8.75. The second-order valence-electron chi connectivity index (χ2n) is 17.7. The van der Waals surface area contributed by atoms with Crippen LogP contribution in [0.5, 0.6) is 11.5 Å². The number of nitrogens with one attached hydrogen (secondary N) is 3. The molecule has 9 rings (SSSR count). The van der Waals surface area contributed by atoms with Gasteiger partial charge in [-0.1, -0.05) is 38.1 Å². The predicted molar refractivity (Wildman–Crippen MR) is 237 cm³/mol. The van der Waals surface area contributed by atoms with E-state index >= 15 is 0 Å². The van der Waals surface area contributed by atoms with E-state index in [0.29, 0.717) is 80.6 Å². The molecule has 1 saturated carbocycles. The Morgan fingerprint density at radius 3 is 2.55 bits per heavy atom. The average Bonchev–Trinajstić information content (AvgIpc) is 4.03. The Balaban J connectivity index is 0.827. The second kappa shape index (κ2) is 18.4. The maximum atomic E-state index is 13.8. The van der Waals surface area contributed by atoms with Crippen LogP contribution in [0.1, 0.15) is 76.7 Å². The summed E-state index contributed by atoms with van der Waals surface area (Å²) in [5.41, 5.74) is 10.4. The van der Waals surface area contributed by atoms with E-state index in [-0.39, 0.29) is 53.2 Å². The van der Waals surface area contributed by atoms with Gasteiger partial charge in [0.2, 0.25) is 23.6 Å². The van der Waals surface area contributed by atoms with Crippen LogP contribution in [0.25, 0.3) is 16.9 Å². The Morgan fingerprint density at radius 1 is 0.953 bits per heavy atom. The fourth-order valence-electron chi connectivity index (χ4n) is 9.83. The highest BCUT2D eigenvalue weighted by molar-refractivity contribution is 6.02. The number of ether oxygens (including phenoxy) is 2. The molecule has 18 heteroatoms. The number of nitrogen functional groups attached to an aromatic ring is 1. The van der Waals surface area contributed by atoms with Gasteiger partial charge in [-0.2, -0.15) is 5.10 Å². The molecule has 3 saturated heterocycles. The van der Waals surface area contributed by atoms with E-state index in [1.807, 2.05) is 26.0 Å². The number of nitrogens with zero attached hydrogens (tertiary/aromatic N) is 7. The summed E-state index contributed by atoms with van der Waals surface area (Å²) in [4.78, 5) is 70.9. The number of esters is 1. The molecular weight excluding hydrogens is 819 g/mol. The number of rotatable bonds is 11. The number of anilines is 3. The van der Waals surface area contributed by atoms with Crippen molar-refractivity contribution in [2.24, 2.45) is 5.92 Å². The smallest absolute Gasteiger partial charge is 0.334 e. The zero-order valence-corrected chi connectivity index (χ0v) is 36.2. The molecular formula is C46H55N11O7. The number of para-hydroxylation sites is 2. The fraction of sp³-hybridized carbons (Fsp3) is 0.478. The normalized spacial score (nSPS) is 23.3. The van der Waals surface area contributed by atoms with Gasteiger partial charge in [0.15, 0.2) is 5.82 Å². The minimum Gasteiger partial charge on any atom is -0.489 e. The van der Waals surface area contributed by atoms with Gasteiger partial charge in [-0.3, -0.25) is 29.4 Å². The Kier molecular flexibility index (Phi) is 12.3. The van der Waals surface area contributed by atoms with Gasteiger partial charge in [-0.15, -0.1) is 10.2 Å². The Labute approximate surface area is 371 Å². The van der Waals surface area contributed by atoms with Crippen molar-refractivity contribution in [2.45, 2.75) is 95.3 Å². The van der Waals surface area contributed by atoms with Crippen LogP contribution in [0.2, 0.25) is 0 Å². The molecule has 0 bridgehead atoms. The lowest BCUT2D eigenvalue weighted by Gasteiger charge is -2.42. The van der Waals surface area contributed by atoms with Gasteiger partial charge in [-0.25, -0.2) is 9.48 Å². The molecule has 336 valence electrons. The van der Waals surface area contributed by atoms with Crippen LogP contribution in [0.4, 0.5) is 17.2 Å². The molecule has 1 aliphatic carbocycles. The number of amides is 4. The third-order valence-corrected chi connectivity index (χ3v) is 13.3. The van der Waals surface area contributed by atoms with Gasteiger partial charge in [-0.05, 0) is 93.2 Å². The van der Waals surface area contributed by atoms with Crippen LogP contribution in [0, 0.1) is 5.92 Å². The first kappa shape index (κ1) is 42.9. The summed E-state index contributed by atoms with van der Waals surface area (Å²) in [5, 5.41) is 21.6. The topological polar surface area (TPSA) is 219 Å². The van der Waals surface area contributed by atoms with Crippen molar-refractivity contribution in [3.05, 3.63) is 66.5 Å². The van der Waals surface area contributed by atoms with Crippen LogP contribution in [-0.4, -0.2) is 118 Å². The molecule has 6 heterocycles. The zero-order valence-electron chi connectivity index (χ0n) is 36.2. The first-order chi connectivity index (χ1) is 31.0. The van der Waals surface area contributed by atoms with Crippen molar-refractivity contribution >= 4 is 46.8 Å². The number of hydrogen-bond donors (Lipinski definition) is 4. The van der Waals surface area contributed by atoms with Gasteiger partial charge in [0.1, 0.15) is 35.9 Å². The fourth-order valence-corrected chi connectivity index (χ4v) is 9.83. The number of imide groups is 1. The standard InChI is InChI=1S/C46H55N11O7/c1-27(2)41(51-44(60)33-9-6-18-48-33)46(62)64-38-11-4-3-7-32(38)34-23-37(43(47)53-52-34)57-25-30(24-49-57)55-20-19-54(26-40(55)59)29-14-12-28(13-15-29)31-8-5-10-35-42(31)63-22-21-56(35)36-16-17-39(58)50-45(36)61/h3-5,7-8,10-11,23-25,27-29,33,36,41,48H,6,9,12-22,26H2,1-2H3,(H2,47,53)(H,51,60)(H,50,58,61)/t28?,29?,33-,36-,41-/m0/s1. The lowest BCUT2D eigenvalue weighted by Crippen LogP contribution is -2.54. The van der Waals surface area contributed by atoms with Crippen LogP contribution in [0.15, 0.2) is 60.9 Å². The molecule has 4 aliphatic heterocycles. The highest BCUT2D eigenvalue weighted by Crippen LogP contribution is 2.45. The van der Waals surface area contributed by atoms with Crippen molar-refractivity contribution in [1.82, 2.24) is 40.8 Å². The minimum absolute atomic E-state index is 0.0142. The molecule has 18 nitrogen and oxygen atoms in total. The maximum absolute atomic E-state index is 13.8. The lowest BCUT2D eigenvalue weighted by molar-refractivity contribution is -0.141. The first-order valence-corrected chi connectivity index (χ1v) is 22.5. The van der Waals surface area contributed by atoms with Crippen LogP contribution in [0.3, 0.4) is 0 Å². The highest BCUT2D eigenvalue weighted by Gasteiger charge is 2.38. The molecule has 2 aromatic carbocycles. The number of carbonyl (C=O) groups is 5. The average molecular weight is 874 g/mol. The van der Waals surface area contributed by atoms with Crippen molar-refractivity contribution in [3.8, 4) is 28.4 Å². The molecule has 4 fully saturated rings. The van der Waals surface area contributed by atoms with Crippen LogP contribution in [-0.2, 0) is 24.0 Å². The van der Waals surface area contributed by atoms with Crippen molar-refractivity contribution < 1.29 is 33.4 Å². The molecule has 4 amide bonds. The number of carbonyl (C=O) groups excluding carboxylic acids is 5. The third-order valence-electron chi connectivity index (χ3n) is 13.3. The summed E-state index contributed by atoms with van der Waals surface area (Å²) >= 11 is 0.